The van der Waals surface area contributed by atoms with Gasteiger partial charge in [0.2, 0.25) is 0 Å². The van der Waals surface area contributed by atoms with Crippen molar-refractivity contribution in [3.05, 3.63) is 81.8 Å². The van der Waals surface area contributed by atoms with E-state index < -0.39 is 8.88 Å². The van der Waals surface area contributed by atoms with E-state index in [1.54, 1.807) is 0 Å². The number of unbranched alkanes of at least 4 members (excludes halogenated alkanes) is 8. The Bertz CT molecular complexity index is 3380. The fourth-order valence-electron chi connectivity index (χ4n) is 10.5. The first-order chi connectivity index (χ1) is 40.7. The normalized spacial score (nSPS) is 14.2. The first-order valence-corrected chi connectivity index (χ1v) is 32.5. The molecule has 442 valence electrons. The van der Waals surface area contributed by atoms with Crippen molar-refractivity contribution in [2.45, 2.75) is 158 Å². The van der Waals surface area contributed by atoms with E-state index in [1.165, 1.54) is 8.47 Å². The summed E-state index contributed by atoms with van der Waals surface area (Å²) >= 11 is 0. The molecule has 6 heterocycles. The Morgan fingerprint density at radius 3 is 0.795 bits per heavy atom. The van der Waals surface area contributed by atoms with Gasteiger partial charge in [-0.05, 0) is 99.9 Å². The van der Waals surface area contributed by atoms with Gasteiger partial charge in [-0.15, -0.1) is 0 Å². The molecule has 4 aliphatic heterocycles. The maximum absolute atomic E-state index is 14.4. The van der Waals surface area contributed by atoms with Crippen molar-refractivity contribution >= 4 is 65.4 Å². The Kier molecular flexibility index (Phi) is 19.2. The first kappa shape index (κ1) is 59.0. The molecule has 0 atom stereocenters. The van der Waals surface area contributed by atoms with Crippen molar-refractivity contribution in [1.82, 2.24) is 8.47 Å². The molecule has 0 aliphatic carbocycles. The second-order valence-electron chi connectivity index (χ2n) is 21.4. The van der Waals surface area contributed by atoms with Crippen LogP contribution in [0.1, 0.15) is 180 Å². The summed E-state index contributed by atoms with van der Waals surface area (Å²) in [6.07, 6.45) is 13.3. The summed E-state index contributed by atoms with van der Waals surface area (Å²) in [6, 6.07) is 15.1. The van der Waals surface area contributed by atoms with Gasteiger partial charge in [0.25, 0.3) is 0 Å². The largest absolute Gasteiger partial charge is 0.597 e. The van der Waals surface area contributed by atoms with E-state index >= 15 is 0 Å². The van der Waals surface area contributed by atoms with Crippen LogP contribution in [-0.2, 0) is 0 Å². The predicted octanol–water partition coefficient (Wildman–Crippen LogP) is 12.8. The molecule has 0 amide bonds. The highest BCUT2D eigenvalue weighted by atomic mass is 28.4. The number of aliphatic imine (C=N–C) groups is 4. The predicted molar refractivity (Wildman–Crippen MR) is 329 cm³/mol. The van der Waals surface area contributed by atoms with E-state index in [2.05, 4.69) is 55.4 Å². The quantitative estimate of drug-likeness (QED) is 0.0303. The molecule has 6 aromatic rings. The van der Waals surface area contributed by atoms with Crippen LogP contribution in [0, 0.1) is 0 Å². The van der Waals surface area contributed by atoms with Crippen molar-refractivity contribution in [2.24, 2.45) is 30.0 Å². The molecule has 10 rings (SSSR count). The van der Waals surface area contributed by atoms with Crippen molar-refractivity contribution in [1.29, 1.82) is 0 Å². The molecular weight excluding hydrogens is 1070 g/mol. The number of benzene rings is 4. The van der Waals surface area contributed by atoms with Gasteiger partial charge in [-0.25, -0.2) is 30.0 Å². The zero-order valence-corrected chi connectivity index (χ0v) is 50.8. The number of hydrogen-bond donors (Lipinski definition) is 2. The second-order valence-corrected chi connectivity index (χ2v) is 23.5. The van der Waals surface area contributed by atoms with E-state index in [9.17, 15) is 9.59 Å². The topological polar surface area (TPSA) is 198 Å². The molecule has 0 saturated heterocycles. The lowest BCUT2D eigenvalue weighted by atomic mass is 10.0. The number of rotatable bonds is 32. The van der Waals surface area contributed by atoms with Gasteiger partial charge in [-0.3, -0.25) is 8.47 Å². The molecule has 0 saturated carbocycles. The molecule has 6 bridgehead atoms. The summed E-state index contributed by atoms with van der Waals surface area (Å²) in [6.45, 7) is 20.1. The number of hydrogen-bond acceptors (Lipinski definition) is 16. The molecule has 18 nitrogen and oxygen atoms in total. The summed E-state index contributed by atoms with van der Waals surface area (Å²) < 4.78 is 56.9. The average molecular weight is 1150 g/mol. The number of aromatic nitrogens is 2. The highest BCUT2D eigenvalue weighted by Gasteiger charge is 2.49. The van der Waals surface area contributed by atoms with Crippen LogP contribution in [0.15, 0.2) is 78.5 Å². The monoisotopic (exact) mass is 1150 g/mol. The Morgan fingerprint density at radius 2 is 0.530 bits per heavy atom. The van der Waals surface area contributed by atoms with Crippen LogP contribution in [0.3, 0.4) is 0 Å². The Hall–Kier alpha value is -7.22. The summed E-state index contributed by atoms with van der Waals surface area (Å²) in [5, 5.41) is 1.70. The molecule has 4 aliphatic rings. The maximum Gasteiger partial charge on any atom is 0.597 e. The molecule has 4 aromatic carbocycles. The first-order valence-electron chi connectivity index (χ1n) is 30.7. The third-order valence-corrected chi connectivity index (χ3v) is 17.1. The molecule has 0 spiro atoms. The van der Waals surface area contributed by atoms with E-state index in [1.807, 2.05) is 48.5 Å². The van der Waals surface area contributed by atoms with Gasteiger partial charge in [-0.2, -0.15) is 0 Å². The van der Waals surface area contributed by atoms with Gasteiger partial charge < -0.3 is 47.5 Å². The van der Waals surface area contributed by atoms with Crippen molar-refractivity contribution in [2.75, 3.05) is 52.9 Å². The summed E-state index contributed by atoms with van der Waals surface area (Å²) in [5.74, 6) is 4.86. The summed E-state index contributed by atoms with van der Waals surface area (Å²) in [4.78, 5) is 61.9. The fraction of sp³-hybridized carbons (Fsp3) is 0.500. The van der Waals surface area contributed by atoms with E-state index in [4.69, 9.17) is 67.8 Å². The maximum atomic E-state index is 14.4. The van der Waals surface area contributed by atoms with Gasteiger partial charge in [0.05, 0.1) is 96.7 Å². The van der Waals surface area contributed by atoms with Gasteiger partial charge in [0, 0.05) is 0 Å². The van der Waals surface area contributed by atoms with Crippen molar-refractivity contribution in [3.8, 4) is 46.0 Å². The van der Waals surface area contributed by atoms with Crippen LogP contribution < -0.4 is 48.9 Å². The summed E-state index contributed by atoms with van der Waals surface area (Å²) in [7, 11) is -5.55. The van der Waals surface area contributed by atoms with E-state index in [0.29, 0.717) is 143 Å². The number of ether oxygens (including phenoxy) is 8. The molecular formula is C64H82N8O10Si. The molecule has 0 unspecified atom stereocenters. The van der Waals surface area contributed by atoms with Crippen molar-refractivity contribution in [3.63, 3.8) is 0 Å². The minimum absolute atomic E-state index is 0.0979. The highest BCUT2D eigenvalue weighted by molar-refractivity contribution is 6.63. The van der Waals surface area contributed by atoms with Gasteiger partial charge in [-0.1, -0.05) is 107 Å². The lowest BCUT2D eigenvalue weighted by Crippen LogP contribution is -2.60. The lowest BCUT2D eigenvalue weighted by molar-refractivity contribution is 0.300. The van der Waals surface area contributed by atoms with Crippen LogP contribution in [-0.4, -0.2) is 103 Å². The average Bonchev–Trinajstić information content (AvgIpc) is 1.72. The molecule has 0 fully saturated rings. The standard InChI is InChI=1S/C64H82N8O10Si/c1-9-17-33-75-41-25-26-42(76-34-18-10-2)50-49(41)57-65-58(50)68-62-55-47(81-39-23-15-7)31-32-48(82-40-24-16-8)56(55)64-70-60-52-44(78-36-20-12-4)28-27-43(77-35-19-11-3)51(52)59(66-60)69-63-54-46(80-38-22-14-6)30-29-45(79-37-21-13-5)53(54)61(67-57)71(63)83(73,74)72(62)64/h25-32,73-74H,9-24,33-40H2,1-8H3. The minimum atomic E-state index is -5.55. The SMILES string of the molecule is CCCCOc1ccc(OCCCC)c2c1C1=NC2=Nc2c3c(OCCCC)ccc(OCCCC)c3c3n2[Si](O)(O)n2c(c4c(OCCCC)ccc(OCCCC)c4c2=NC2=NC(=N3)c3c(OCCCC)ccc(OCCCC)c32)=N1. The number of nitrogens with zero attached hydrogens (tertiary/aromatic N) is 8. The zero-order chi connectivity index (χ0) is 58.0. The smallest absolute Gasteiger partial charge is 0.493 e. The third-order valence-electron chi connectivity index (χ3n) is 15.1. The van der Waals surface area contributed by atoms with Crippen LogP contribution in [0.25, 0.3) is 21.5 Å². The second kappa shape index (κ2) is 27.0. The highest BCUT2D eigenvalue weighted by Crippen LogP contribution is 2.51. The fourth-order valence-corrected chi connectivity index (χ4v) is 12.5. The van der Waals surface area contributed by atoms with Gasteiger partial charge in [0.1, 0.15) is 68.6 Å². The summed E-state index contributed by atoms with van der Waals surface area (Å²) in [5.41, 5.74) is 2.36. The van der Waals surface area contributed by atoms with Crippen molar-refractivity contribution < 1.29 is 47.5 Å². The molecule has 2 N–H and O–H groups in total. The van der Waals surface area contributed by atoms with Gasteiger partial charge in [0.15, 0.2) is 23.3 Å². The van der Waals surface area contributed by atoms with Gasteiger partial charge >= 0.3 is 8.88 Å². The third kappa shape index (κ3) is 11.6. The Morgan fingerprint density at radius 1 is 0.301 bits per heavy atom. The van der Waals surface area contributed by atoms with Crippen LogP contribution in [0.2, 0.25) is 0 Å². The molecule has 19 heteroatoms. The molecule has 2 aromatic heterocycles. The van der Waals surface area contributed by atoms with Crippen LogP contribution >= 0.6 is 0 Å². The number of fused-ring (bicyclic) bond motifs is 14. The van der Waals surface area contributed by atoms with Crippen LogP contribution in [0.4, 0.5) is 11.6 Å². The number of amidine groups is 4. The zero-order valence-electron chi connectivity index (χ0n) is 49.8. The molecule has 83 heavy (non-hydrogen) atoms. The van der Waals surface area contributed by atoms with Crippen LogP contribution in [0.5, 0.6) is 46.0 Å². The molecule has 0 radical (unpaired) electrons. The Balaban J connectivity index is 1.47. The Labute approximate surface area is 488 Å². The van der Waals surface area contributed by atoms with E-state index in [-0.39, 0.29) is 46.0 Å². The minimum Gasteiger partial charge on any atom is -0.493 e. The lowest BCUT2D eigenvalue weighted by Gasteiger charge is -2.24. The van der Waals surface area contributed by atoms with E-state index in [0.717, 1.165) is 103 Å².